The molecule has 0 saturated carbocycles. The Bertz CT molecular complexity index is 920. The Morgan fingerprint density at radius 1 is 1.00 bits per heavy atom. The maximum absolute atomic E-state index is 12.4. The lowest BCUT2D eigenvalue weighted by Crippen LogP contribution is -2.12. The van der Waals surface area contributed by atoms with Gasteiger partial charge in [0.05, 0.1) is 0 Å². The Kier molecular flexibility index (Phi) is 5.59. The van der Waals surface area contributed by atoms with Gasteiger partial charge in [0.15, 0.2) is 0 Å². The maximum atomic E-state index is 12.4. The maximum Gasteiger partial charge on any atom is 0.255 e. The number of hydrogen-bond acceptors (Lipinski definition) is 2. The van der Waals surface area contributed by atoms with E-state index in [0.717, 1.165) is 22.4 Å². The largest absolute Gasteiger partial charge is 0.489 e. The summed E-state index contributed by atoms with van der Waals surface area (Å²) in [6, 6.07) is 20.7. The zero-order valence-corrected chi connectivity index (χ0v) is 15.5. The zero-order valence-electron chi connectivity index (χ0n) is 14.8. The second-order valence-electron chi connectivity index (χ2n) is 6.22. The van der Waals surface area contributed by atoms with Crippen molar-refractivity contribution in [3.8, 4) is 5.75 Å². The van der Waals surface area contributed by atoms with Gasteiger partial charge in [-0.15, -0.1) is 0 Å². The predicted octanol–water partition coefficient (Wildman–Crippen LogP) is 5.79. The molecular weight excluding hydrogens is 346 g/mol. The smallest absolute Gasteiger partial charge is 0.255 e. The Labute approximate surface area is 158 Å². The molecule has 0 bridgehead atoms. The fourth-order valence-electron chi connectivity index (χ4n) is 2.55. The van der Waals surface area contributed by atoms with Crippen LogP contribution in [0.3, 0.4) is 0 Å². The molecule has 0 atom stereocenters. The number of hydrogen-bond donors (Lipinski definition) is 1. The van der Waals surface area contributed by atoms with Crippen LogP contribution < -0.4 is 10.1 Å². The zero-order chi connectivity index (χ0) is 18.5. The first-order valence-corrected chi connectivity index (χ1v) is 8.75. The van der Waals surface area contributed by atoms with Gasteiger partial charge in [-0.05, 0) is 66.9 Å². The predicted molar refractivity (Wildman–Crippen MR) is 106 cm³/mol. The highest BCUT2D eigenvalue weighted by atomic mass is 35.5. The average Bonchev–Trinajstić information content (AvgIpc) is 2.63. The Balaban J connectivity index is 1.63. The van der Waals surface area contributed by atoms with Crippen LogP contribution in [0.2, 0.25) is 5.02 Å². The fraction of sp³-hybridized carbons (Fsp3) is 0.136. The topological polar surface area (TPSA) is 38.3 Å². The van der Waals surface area contributed by atoms with E-state index in [1.54, 1.807) is 24.3 Å². The van der Waals surface area contributed by atoms with E-state index in [0.29, 0.717) is 22.9 Å². The number of aryl methyl sites for hydroxylation is 2. The quantitative estimate of drug-likeness (QED) is 0.621. The SMILES string of the molecule is Cc1cccc(OCc2ccc(C(=O)Nc3cc(Cl)ccc3C)cc2)c1. The van der Waals surface area contributed by atoms with Crippen molar-refractivity contribution in [1.82, 2.24) is 0 Å². The van der Waals surface area contributed by atoms with Gasteiger partial charge >= 0.3 is 0 Å². The number of carbonyl (C=O) groups excluding carboxylic acids is 1. The van der Waals surface area contributed by atoms with Crippen LogP contribution in [-0.4, -0.2) is 5.91 Å². The average molecular weight is 366 g/mol. The first-order chi connectivity index (χ1) is 12.5. The molecule has 1 amide bonds. The number of carbonyl (C=O) groups is 1. The number of anilines is 1. The summed E-state index contributed by atoms with van der Waals surface area (Å²) in [4.78, 5) is 12.4. The Hall–Kier alpha value is -2.78. The van der Waals surface area contributed by atoms with Gasteiger partial charge in [-0.3, -0.25) is 4.79 Å². The minimum absolute atomic E-state index is 0.165. The third-order valence-corrected chi connectivity index (χ3v) is 4.29. The van der Waals surface area contributed by atoms with Gasteiger partial charge in [0.25, 0.3) is 5.91 Å². The molecule has 0 fully saturated rings. The third-order valence-electron chi connectivity index (χ3n) is 4.06. The van der Waals surface area contributed by atoms with Crippen molar-refractivity contribution >= 4 is 23.2 Å². The number of ether oxygens (including phenoxy) is 1. The highest BCUT2D eigenvalue weighted by Gasteiger charge is 2.08. The van der Waals surface area contributed by atoms with E-state index < -0.39 is 0 Å². The van der Waals surface area contributed by atoms with Gasteiger partial charge in [-0.2, -0.15) is 0 Å². The van der Waals surface area contributed by atoms with Gasteiger partial charge < -0.3 is 10.1 Å². The van der Waals surface area contributed by atoms with Gasteiger partial charge in [-0.25, -0.2) is 0 Å². The lowest BCUT2D eigenvalue weighted by atomic mass is 10.1. The minimum Gasteiger partial charge on any atom is -0.489 e. The molecule has 0 spiro atoms. The first-order valence-electron chi connectivity index (χ1n) is 8.37. The summed E-state index contributed by atoms with van der Waals surface area (Å²) in [6.07, 6.45) is 0. The summed E-state index contributed by atoms with van der Waals surface area (Å²) < 4.78 is 5.78. The number of halogens is 1. The second kappa shape index (κ2) is 8.07. The Morgan fingerprint density at radius 2 is 1.77 bits per heavy atom. The van der Waals surface area contributed by atoms with Crippen LogP contribution in [0.1, 0.15) is 27.0 Å². The number of benzene rings is 3. The van der Waals surface area contributed by atoms with Crippen molar-refractivity contribution in [3.63, 3.8) is 0 Å². The second-order valence-corrected chi connectivity index (χ2v) is 6.65. The van der Waals surface area contributed by atoms with E-state index >= 15 is 0 Å². The number of nitrogens with one attached hydrogen (secondary N) is 1. The van der Waals surface area contributed by atoms with E-state index in [9.17, 15) is 4.79 Å². The van der Waals surface area contributed by atoms with Gasteiger partial charge in [0, 0.05) is 16.3 Å². The molecule has 0 aliphatic carbocycles. The van der Waals surface area contributed by atoms with Crippen LogP contribution >= 0.6 is 11.6 Å². The lowest BCUT2D eigenvalue weighted by molar-refractivity contribution is 0.102. The Morgan fingerprint density at radius 3 is 2.50 bits per heavy atom. The molecule has 3 nitrogen and oxygen atoms in total. The molecule has 0 aromatic heterocycles. The summed E-state index contributed by atoms with van der Waals surface area (Å²) in [5.74, 6) is 0.671. The van der Waals surface area contributed by atoms with E-state index in [2.05, 4.69) is 5.32 Å². The molecule has 26 heavy (non-hydrogen) atoms. The molecular formula is C22H20ClNO2. The molecule has 0 unspecified atom stereocenters. The van der Waals surface area contributed by atoms with Crippen molar-refractivity contribution < 1.29 is 9.53 Å². The van der Waals surface area contributed by atoms with Crippen LogP contribution in [0.4, 0.5) is 5.69 Å². The molecule has 132 valence electrons. The van der Waals surface area contributed by atoms with E-state index in [1.165, 1.54) is 0 Å². The highest BCUT2D eigenvalue weighted by molar-refractivity contribution is 6.31. The molecule has 4 heteroatoms. The van der Waals surface area contributed by atoms with Gasteiger partial charge in [0.2, 0.25) is 0 Å². The summed E-state index contributed by atoms with van der Waals surface area (Å²) in [7, 11) is 0. The molecule has 3 rings (SSSR count). The van der Waals surface area contributed by atoms with E-state index in [4.69, 9.17) is 16.3 Å². The van der Waals surface area contributed by atoms with Crippen LogP contribution in [0.5, 0.6) is 5.75 Å². The van der Waals surface area contributed by atoms with Crippen molar-refractivity contribution in [2.45, 2.75) is 20.5 Å². The van der Waals surface area contributed by atoms with Crippen LogP contribution in [0.15, 0.2) is 66.7 Å². The van der Waals surface area contributed by atoms with E-state index in [1.807, 2.05) is 56.3 Å². The molecule has 0 saturated heterocycles. The first kappa shape index (κ1) is 18.0. The normalized spacial score (nSPS) is 10.4. The summed E-state index contributed by atoms with van der Waals surface area (Å²) in [5, 5.41) is 3.49. The summed E-state index contributed by atoms with van der Waals surface area (Å²) >= 11 is 6.00. The van der Waals surface area contributed by atoms with Gasteiger partial charge in [-0.1, -0.05) is 41.9 Å². The van der Waals surface area contributed by atoms with Crippen LogP contribution in [-0.2, 0) is 6.61 Å². The molecule has 0 aliphatic heterocycles. The molecule has 3 aromatic rings. The highest BCUT2D eigenvalue weighted by Crippen LogP contribution is 2.21. The molecule has 1 N–H and O–H groups in total. The lowest BCUT2D eigenvalue weighted by Gasteiger charge is -2.10. The standard InChI is InChI=1S/C22H20ClNO2/c1-15-4-3-5-20(12-15)26-14-17-7-9-18(10-8-17)22(25)24-21-13-19(23)11-6-16(21)2/h3-13H,14H2,1-2H3,(H,24,25). The van der Waals surface area contributed by atoms with Crippen LogP contribution in [0, 0.1) is 13.8 Å². The number of amides is 1. The van der Waals surface area contributed by atoms with Crippen molar-refractivity contribution in [2.75, 3.05) is 5.32 Å². The molecule has 0 radical (unpaired) electrons. The van der Waals surface area contributed by atoms with E-state index in [-0.39, 0.29) is 5.91 Å². The minimum atomic E-state index is -0.165. The van der Waals surface area contributed by atoms with Crippen molar-refractivity contribution in [3.05, 3.63) is 94.0 Å². The molecule has 0 heterocycles. The van der Waals surface area contributed by atoms with Crippen molar-refractivity contribution in [2.24, 2.45) is 0 Å². The third kappa shape index (κ3) is 4.64. The summed E-state index contributed by atoms with van der Waals surface area (Å²) in [6.45, 7) is 4.42. The molecule has 3 aromatic carbocycles. The fourth-order valence-corrected chi connectivity index (χ4v) is 2.72. The van der Waals surface area contributed by atoms with Gasteiger partial charge in [0.1, 0.15) is 12.4 Å². The summed E-state index contributed by atoms with van der Waals surface area (Å²) in [5.41, 5.74) is 4.43. The number of rotatable bonds is 5. The van der Waals surface area contributed by atoms with Crippen LogP contribution in [0.25, 0.3) is 0 Å². The molecule has 0 aliphatic rings. The monoisotopic (exact) mass is 365 g/mol. The van der Waals surface area contributed by atoms with Crippen molar-refractivity contribution in [1.29, 1.82) is 0 Å².